The molecule has 0 bridgehead atoms. The van der Waals surface area contributed by atoms with Crippen LogP contribution in [0.5, 0.6) is 0 Å². The summed E-state index contributed by atoms with van der Waals surface area (Å²) in [5.74, 6) is 1.59. The van der Waals surface area contributed by atoms with Gasteiger partial charge in [0.2, 0.25) is 0 Å². The molecule has 19 heavy (non-hydrogen) atoms. The maximum Gasteiger partial charge on any atom is 0.130 e. The minimum absolute atomic E-state index is 0.640. The molecule has 0 radical (unpaired) electrons. The molecule has 0 unspecified atom stereocenters. The highest BCUT2D eigenvalue weighted by Gasteiger charge is 2.18. The van der Waals surface area contributed by atoms with Crippen molar-refractivity contribution in [2.75, 3.05) is 0 Å². The number of aryl methyl sites for hydroxylation is 1. The van der Waals surface area contributed by atoms with E-state index in [2.05, 4.69) is 20.3 Å². The van der Waals surface area contributed by atoms with Crippen molar-refractivity contribution in [1.82, 2.24) is 15.0 Å². The molecule has 3 rings (SSSR count). The molecule has 2 heterocycles. The molecule has 1 aliphatic rings. The van der Waals surface area contributed by atoms with Gasteiger partial charge in [-0.15, -0.1) is 11.3 Å². The summed E-state index contributed by atoms with van der Waals surface area (Å²) in [5.41, 5.74) is 2.34. The van der Waals surface area contributed by atoms with Crippen molar-refractivity contribution in [3.63, 3.8) is 0 Å². The first-order chi connectivity index (χ1) is 9.20. The fourth-order valence-corrected chi connectivity index (χ4v) is 3.71. The molecule has 0 atom stereocenters. The first-order valence-corrected chi connectivity index (χ1v) is 8.00. The Morgan fingerprint density at radius 2 is 2.16 bits per heavy atom. The van der Waals surface area contributed by atoms with E-state index >= 15 is 0 Å². The van der Waals surface area contributed by atoms with Crippen molar-refractivity contribution < 1.29 is 0 Å². The molecule has 1 aliphatic carbocycles. The maximum atomic E-state index is 5.30. The predicted molar refractivity (Wildman–Crippen MR) is 80.3 cm³/mol. The molecule has 0 amide bonds. The van der Waals surface area contributed by atoms with Crippen LogP contribution in [0.25, 0.3) is 0 Å². The van der Waals surface area contributed by atoms with Crippen molar-refractivity contribution in [2.45, 2.75) is 44.9 Å². The van der Waals surface area contributed by atoms with Gasteiger partial charge in [-0.3, -0.25) is 0 Å². The Morgan fingerprint density at radius 1 is 1.37 bits per heavy atom. The summed E-state index contributed by atoms with van der Waals surface area (Å²) in [7, 11) is 0. The number of rotatable bonds is 3. The molecule has 1 fully saturated rings. The Labute approximate surface area is 122 Å². The van der Waals surface area contributed by atoms with E-state index in [0.29, 0.717) is 10.6 Å². The number of nitrogens with one attached hydrogen (secondary N) is 1. The summed E-state index contributed by atoms with van der Waals surface area (Å²) in [6.07, 6.45) is 5.95. The quantitative estimate of drug-likeness (QED) is 0.864. The van der Waals surface area contributed by atoms with Crippen LogP contribution >= 0.6 is 23.6 Å². The van der Waals surface area contributed by atoms with Gasteiger partial charge in [-0.25, -0.2) is 9.97 Å². The number of aromatic nitrogens is 3. The lowest BCUT2D eigenvalue weighted by Crippen LogP contribution is -2.03. The standard InChI is InChI=1S/C14H17N3S2/c1-9-8-19-14(15-9)7-12-16-11(6-13(18)17-12)10-4-2-3-5-10/h6,8,10H,2-5,7H2,1H3,(H,16,17,18). The number of aromatic amines is 1. The van der Waals surface area contributed by atoms with Crippen molar-refractivity contribution in [3.05, 3.63) is 38.3 Å². The zero-order valence-electron chi connectivity index (χ0n) is 11.0. The lowest BCUT2D eigenvalue weighted by molar-refractivity contribution is 0.684. The Bertz CT molecular complexity index is 624. The van der Waals surface area contributed by atoms with Gasteiger partial charge in [0.1, 0.15) is 15.5 Å². The Kier molecular flexibility index (Phi) is 3.75. The van der Waals surface area contributed by atoms with E-state index in [1.165, 1.54) is 31.4 Å². The van der Waals surface area contributed by atoms with Crippen LogP contribution in [-0.2, 0) is 6.42 Å². The van der Waals surface area contributed by atoms with Gasteiger partial charge in [-0.2, -0.15) is 0 Å². The SMILES string of the molecule is Cc1csc(Cc2nc(=S)cc(C3CCCC3)[nH]2)n1. The van der Waals surface area contributed by atoms with Crippen LogP contribution in [0.3, 0.4) is 0 Å². The van der Waals surface area contributed by atoms with E-state index in [9.17, 15) is 0 Å². The molecule has 1 saturated carbocycles. The van der Waals surface area contributed by atoms with Gasteiger partial charge >= 0.3 is 0 Å². The molecule has 1 N–H and O–H groups in total. The van der Waals surface area contributed by atoms with Gasteiger partial charge in [-0.05, 0) is 31.7 Å². The molecule has 5 heteroatoms. The van der Waals surface area contributed by atoms with Crippen LogP contribution < -0.4 is 0 Å². The number of nitrogens with zero attached hydrogens (tertiary/aromatic N) is 2. The van der Waals surface area contributed by atoms with E-state index in [4.69, 9.17) is 12.2 Å². The van der Waals surface area contributed by atoms with Crippen LogP contribution in [0.2, 0.25) is 0 Å². The third-order valence-electron chi connectivity index (χ3n) is 3.59. The molecule has 2 aromatic heterocycles. The largest absolute Gasteiger partial charge is 0.346 e. The van der Waals surface area contributed by atoms with Gasteiger partial charge in [0.15, 0.2) is 0 Å². The van der Waals surface area contributed by atoms with Crippen molar-refractivity contribution >= 4 is 23.6 Å². The van der Waals surface area contributed by atoms with E-state index in [1.54, 1.807) is 11.3 Å². The maximum absolute atomic E-state index is 5.30. The number of hydrogen-bond donors (Lipinski definition) is 1. The van der Waals surface area contributed by atoms with Crippen molar-refractivity contribution in [3.8, 4) is 0 Å². The Hall–Kier alpha value is -1.07. The Morgan fingerprint density at radius 3 is 2.84 bits per heavy atom. The van der Waals surface area contributed by atoms with E-state index < -0.39 is 0 Å². The highest BCUT2D eigenvalue weighted by molar-refractivity contribution is 7.71. The summed E-state index contributed by atoms with van der Waals surface area (Å²) in [5, 5.41) is 3.17. The zero-order valence-corrected chi connectivity index (χ0v) is 12.6. The van der Waals surface area contributed by atoms with Gasteiger partial charge in [0.05, 0.1) is 6.42 Å². The monoisotopic (exact) mass is 291 g/mol. The Balaban J connectivity index is 1.86. The topological polar surface area (TPSA) is 41.6 Å². The minimum atomic E-state index is 0.640. The molecular formula is C14H17N3S2. The van der Waals surface area contributed by atoms with Crippen molar-refractivity contribution in [1.29, 1.82) is 0 Å². The molecule has 0 spiro atoms. The highest BCUT2D eigenvalue weighted by atomic mass is 32.1. The second-order valence-electron chi connectivity index (χ2n) is 5.16. The fourth-order valence-electron chi connectivity index (χ4n) is 2.70. The molecule has 0 saturated heterocycles. The van der Waals surface area contributed by atoms with E-state index in [1.807, 2.05) is 13.0 Å². The molecule has 0 aliphatic heterocycles. The molecular weight excluding hydrogens is 274 g/mol. The molecule has 3 nitrogen and oxygen atoms in total. The van der Waals surface area contributed by atoms with Gasteiger partial charge in [-0.1, -0.05) is 25.1 Å². The summed E-state index contributed by atoms with van der Waals surface area (Å²) >= 11 is 6.98. The average molecular weight is 291 g/mol. The smallest absolute Gasteiger partial charge is 0.130 e. The number of thiazole rings is 1. The lowest BCUT2D eigenvalue weighted by atomic mass is 10.0. The van der Waals surface area contributed by atoms with Crippen molar-refractivity contribution in [2.24, 2.45) is 0 Å². The summed E-state index contributed by atoms with van der Waals surface area (Å²) < 4.78 is 0.698. The lowest BCUT2D eigenvalue weighted by Gasteiger charge is -2.11. The first kappa shape index (κ1) is 12.9. The first-order valence-electron chi connectivity index (χ1n) is 6.72. The normalized spacial score (nSPS) is 16.1. The van der Waals surface area contributed by atoms with Gasteiger partial charge in [0.25, 0.3) is 0 Å². The summed E-state index contributed by atoms with van der Waals surface area (Å²) in [6.45, 7) is 2.02. The molecule has 2 aromatic rings. The van der Waals surface area contributed by atoms with Crippen LogP contribution in [0, 0.1) is 11.6 Å². The van der Waals surface area contributed by atoms with E-state index in [0.717, 1.165) is 22.9 Å². The fraction of sp³-hybridized carbons (Fsp3) is 0.500. The van der Waals surface area contributed by atoms with Crippen LogP contribution in [0.4, 0.5) is 0 Å². The second kappa shape index (κ2) is 5.51. The summed E-state index contributed by atoms with van der Waals surface area (Å²) in [6, 6.07) is 2.03. The number of H-pyrrole nitrogens is 1. The average Bonchev–Trinajstić information content (AvgIpc) is 3.00. The third kappa shape index (κ3) is 3.09. The second-order valence-corrected chi connectivity index (χ2v) is 6.52. The van der Waals surface area contributed by atoms with Crippen LogP contribution in [-0.4, -0.2) is 15.0 Å². The minimum Gasteiger partial charge on any atom is -0.346 e. The van der Waals surface area contributed by atoms with Crippen LogP contribution in [0.15, 0.2) is 11.4 Å². The van der Waals surface area contributed by atoms with E-state index in [-0.39, 0.29) is 0 Å². The van der Waals surface area contributed by atoms with Gasteiger partial charge in [0, 0.05) is 16.8 Å². The zero-order chi connectivity index (χ0) is 13.2. The predicted octanol–water partition coefficient (Wildman–Crippen LogP) is 4.15. The third-order valence-corrected chi connectivity index (χ3v) is 4.77. The highest BCUT2D eigenvalue weighted by Crippen LogP contribution is 2.33. The van der Waals surface area contributed by atoms with Gasteiger partial charge < -0.3 is 4.98 Å². The summed E-state index contributed by atoms with van der Waals surface area (Å²) in [4.78, 5) is 12.4. The molecule has 0 aromatic carbocycles. The molecule has 100 valence electrons. The number of hydrogen-bond acceptors (Lipinski definition) is 4. The van der Waals surface area contributed by atoms with Crippen LogP contribution in [0.1, 0.15) is 53.8 Å².